The van der Waals surface area contributed by atoms with E-state index in [1.165, 1.54) is 75.7 Å². The number of hydrogen-bond donors (Lipinski definition) is 16. The number of nitrogens with one attached hydrogen (secondary N) is 7. The van der Waals surface area contributed by atoms with Gasteiger partial charge in [0.1, 0.15) is 85.0 Å². The van der Waals surface area contributed by atoms with Gasteiger partial charge in [0.25, 0.3) is 0 Å². The molecular formula is C94H156N8O26P2. The van der Waals surface area contributed by atoms with Crippen LogP contribution in [0.15, 0.2) is 128 Å². The maximum Gasteiger partial charge on any atom is 0.483 e. The van der Waals surface area contributed by atoms with Crippen molar-refractivity contribution in [3.05, 3.63) is 128 Å². The second kappa shape index (κ2) is 63.5. The van der Waals surface area contributed by atoms with E-state index in [1.807, 2.05) is 6.92 Å². The van der Waals surface area contributed by atoms with Gasteiger partial charge in [-0.2, -0.15) is 4.31 Å². The van der Waals surface area contributed by atoms with E-state index in [0.717, 1.165) is 149 Å². The summed E-state index contributed by atoms with van der Waals surface area (Å²) in [5.74, 6) is -9.61. The van der Waals surface area contributed by atoms with Crippen LogP contribution in [0.5, 0.6) is 0 Å². The predicted octanol–water partition coefficient (Wildman–Crippen LogP) is 12.4. The molecule has 34 nitrogen and oxygen atoms in total. The van der Waals surface area contributed by atoms with Gasteiger partial charge in [-0.1, -0.05) is 128 Å². The fourth-order valence-electron chi connectivity index (χ4n) is 14.0. The van der Waals surface area contributed by atoms with Crippen LogP contribution in [-0.2, 0) is 84.6 Å². The Kier molecular flexibility index (Phi) is 57.8. The Hall–Kier alpha value is -7.73. The monoisotopic (exact) mass is 1880 g/mol. The molecule has 2 aliphatic heterocycles. The fraction of sp³-hybridized carbons (Fsp3) is 0.670. The summed E-state index contributed by atoms with van der Waals surface area (Å²) in [5.41, 5.74) is 20.4. The molecule has 2 aliphatic rings. The third-order valence-electron chi connectivity index (χ3n) is 22.1. The SMILES string of the molecule is CC(=O)N[C@H]1[C@H](O[C@H]2[C@H](O[C@H](C)C(=O)N[C@@H](C)C(=O)N[C@H](CCC(=O)N[C@@H](CCCCN)C(=O)N[C@H](C)C(=O)N[C@H](C)C(=O)O)C(=O)O)[C@@H](NC(C)=O)[C@@H](OP(=O)(O)OP(=O)(O)OC/C=C(/C)CC/C=C(/C)CC/C=C(/C)CC/C=C(/C)CC/C=C(/C)CC/C=C(/C)CC/C=C(/C)CC/C=C(\C)CC/C=C(\C)CC/C=C(\C)CCC=C(C)C)O[C@@H]2CO)O[C@H](CO)[C@@H](O)[C@@H]1O. The number of ether oxygens (including phenoxy) is 4. The molecule has 738 valence electrons. The lowest BCUT2D eigenvalue weighted by molar-refractivity contribution is -0.331. The van der Waals surface area contributed by atoms with Gasteiger partial charge in [-0.3, -0.25) is 47.4 Å². The molecule has 17 N–H and O–H groups in total. The minimum Gasteiger partial charge on any atom is -0.480 e. The van der Waals surface area contributed by atoms with Crippen LogP contribution in [0.2, 0.25) is 0 Å². The smallest absolute Gasteiger partial charge is 0.480 e. The van der Waals surface area contributed by atoms with Crippen LogP contribution in [-0.4, -0.2) is 218 Å². The summed E-state index contributed by atoms with van der Waals surface area (Å²) in [6.07, 6.45) is 27.0. The standard InChI is InChI=1S/C94H156N8O26P2/c1-59(2)31-21-32-60(3)33-22-34-61(4)35-23-36-62(5)37-24-38-63(6)39-25-40-64(7)41-26-42-65(8)43-27-44-66(9)45-28-46-67(10)47-29-48-68(11)49-30-50-69(12)54-56-122-129(118,119)128-130(120,121)127-94-82(100-75(18)106)86(85(79(58-104)125-94)126-93-81(99-74(17)105)84(109)83(108)78(57-103)124-93)123-73(16)89(112)96-71(14)88(111)102-77(92(116)117)52-53-80(107)101-76(51-19-20-55-95)90(113)97-70(13)87(110)98-72(15)91(114)115/h31,33,35,37,39,41,43,45,47,49,54,70-73,76-79,81-86,93-94,103-104,108-109H,19-30,32,34,36,38,40,42,44,46,48,50-53,55-58,95H2,1-18H3,(H,96,112)(H,97,113)(H,98,110)(H,99,105)(H,100,106)(H,101,107)(H,102,111)(H,114,115)(H,116,117)(H,118,119)(H,120,121)/b60-33+,61-35+,62-37+,63-39-,64-41-,65-43-,66-45-,67-47-,68-49-,69-54-/t70-,71+,72-,73-,76+,77-,78-,79-,81-,82-,83-,84-,85-,86-,93+,94-/m1/s1. The number of amides is 7. The summed E-state index contributed by atoms with van der Waals surface area (Å²) in [6, 6.07) is -11.0. The molecule has 18 atom stereocenters. The van der Waals surface area contributed by atoms with Crippen molar-refractivity contribution in [1.29, 1.82) is 0 Å². The van der Waals surface area contributed by atoms with Gasteiger partial charge in [-0.15, -0.1) is 0 Å². The summed E-state index contributed by atoms with van der Waals surface area (Å²) in [4.78, 5) is 138. The van der Waals surface area contributed by atoms with Gasteiger partial charge >= 0.3 is 27.6 Å². The van der Waals surface area contributed by atoms with E-state index in [4.69, 9.17) is 33.7 Å². The van der Waals surface area contributed by atoms with Gasteiger partial charge in [-0.25, -0.2) is 13.9 Å². The number of unbranched alkanes of at least 4 members (excludes halogenated alkanes) is 1. The van der Waals surface area contributed by atoms with Crippen LogP contribution in [0.25, 0.3) is 0 Å². The van der Waals surface area contributed by atoms with Gasteiger partial charge in [0.15, 0.2) is 12.6 Å². The number of carboxylic acid groups (broad SMARTS) is 2. The topological polar surface area (TPSA) is 524 Å². The highest BCUT2D eigenvalue weighted by Gasteiger charge is 2.55. The Balaban J connectivity index is 2.08. The first-order valence-electron chi connectivity index (χ1n) is 45.4. The molecule has 2 rings (SSSR count). The van der Waals surface area contributed by atoms with Crippen molar-refractivity contribution >= 4 is 68.9 Å². The van der Waals surface area contributed by atoms with E-state index in [0.29, 0.717) is 25.7 Å². The molecule has 0 bridgehead atoms. The zero-order valence-electron chi connectivity index (χ0n) is 80.0. The number of aliphatic hydroxyl groups is 4. The van der Waals surface area contributed by atoms with Gasteiger partial charge in [0.05, 0.1) is 19.8 Å². The van der Waals surface area contributed by atoms with Gasteiger partial charge in [0.2, 0.25) is 41.4 Å². The second-order valence-corrected chi connectivity index (χ2v) is 37.7. The Morgan fingerprint density at radius 3 is 1.17 bits per heavy atom. The molecule has 0 aromatic heterocycles. The minimum absolute atomic E-state index is 0.0174. The molecule has 0 aromatic rings. The number of carbonyl (C=O) groups is 9. The van der Waals surface area contributed by atoms with E-state index in [-0.39, 0.29) is 13.0 Å². The molecule has 2 unspecified atom stereocenters. The largest absolute Gasteiger partial charge is 0.483 e. The molecule has 7 amide bonds. The highest BCUT2D eigenvalue weighted by Crippen LogP contribution is 2.61. The normalized spacial score (nSPS) is 22.4. The minimum atomic E-state index is -5.95. The molecule has 2 heterocycles. The molecular weight excluding hydrogens is 1720 g/mol. The van der Waals surface area contributed by atoms with Crippen molar-refractivity contribution in [1.82, 2.24) is 37.2 Å². The molecule has 36 heteroatoms. The molecule has 0 radical (unpaired) electrons. The first kappa shape index (κ1) is 118. The lowest BCUT2D eigenvalue weighted by Crippen LogP contribution is -2.70. The summed E-state index contributed by atoms with van der Waals surface area (Å²) in [6.45, 7) is 30.1. The van der Waals surface area contributed by atoms with Crippen molar-refractivity contribution in [2.45, 2.75) is 383 Å². The van der Waals surface area contributed by atoms with Crippen LogP contribution >= 0.6 is 15.6 Å². The van der Waals surface area contributed by atoms with Crippen LogP contribution in [0.3, 0.4) is 0 Å². The van der Waals surface area contributed by atoms with Crippen molar-refractivity contribution in [3.8, 4) is 0 Å². The van der Waals surface area contributed by atoms with E-state index in [2.05, 4.69) is 172 Å². The number of aliphatic carboxylic acids is 2. The van der Waals surface area contributed by atoms with Crippen molar-refractivity contribution < 1.29 is 125 Å². The number of rotatable bonds is 63. The first-order valence-corrected chi connectivity index (χ1v) is 48.4. The Bertz CT molecular complexity index is 4070. The lowest BCUT2D eigenvalue weighted by Gasteiger charge is -2.49. The lowest BCUT2D eigenvalue weighted by atomic mass is 9.94. The van der Waals surface area contributed by atoms with Gasteiger partial charge in [0, 0.05) is 20.3 Å². The molecule has 0 spiro atoms. The number of allylic oxidation sites excluding steroid dienone is 21. The van der Waals surface area contributed by atoms with Gasteiger partial charge in [-0.05, 0) is 271 Å². The summed E-state index contributed by atoms with van der Waals surface area (Å²) < 4.78 is 66.3. The zero-order chi connectivity index (χ0) is 98.0. The number of nitrogens with two attached hydrogens (primary N) is 1. The van der Waals surface area contributed by atoms with Crippen molar-refractivity contribution in [2.24, 2.45) is 5.73 Å². The molecule has 2 saturated heterocycles. The summed E-state index contributed by atoms with van der Waals surface area (Å²) >= 11 is 0. The number of phosphoric acid groups is 2. The van der Waals surface area contributed by atoms with Crippen LogP contribution in [0.1, 0.15) is 285 Å². The summed E-state index contributed by atoms with van der Waals surface area (Å²) in [5, 5.41) is 78.7. The Morgan fingerprint density at radius 1 is 0.408 bits per heavy atom. The van der Waals surface area contributed by atoms with E-state index in [9.17, 15) is 92.7 Å². The van der Waals surface area contributed by atoms with Crippen molar-refractivity contribution in [2.75, 3.05) is 26.4 Å². The summed E-state index contributed by atoms with van der Waals surface area (Å²) in [7, 11) is -11.5. The first-order chi connectivity index (χ1) is 61.1. The van der Waals surface area contributed by atoms with Gasteiger partial charge < -0.3 is 102 Å². The molecule has 0 aliphatic carbocycles. The highest BCUT2D eigenvalue weighted by molar-refractivity contribution is 7.61. The average Bonchev–Trinajstić information content (AvgIpc) is 0.764. The maximum atomic E-state index is 14.1. The number of aliphatic hydroxyl groups excluding tert-OH is 4. The number of hydrogen-bond acceptors (Lipinski definition) is 23. The Morgan fingerprint density at radius 2 is 0.785 bits per heavy atom. The second-order valence-electron chi connectivity index (χ2n) is 34.7. The Labute approximate surface area is 770 Å². The molecule has 0 aromatic carbocycles. The maximum absolute atomic E-state index is 14.1. The highest BCUT2D eigenvalue weighted by atomic mass is 31.3. The van der Waals surface area contributed by atoms with Crippen LogP contribution in [0, 0.1) is 0 Å². The quantitative estimate of drug-likeness (QED) is 0.0153. The van der Waals surface area contributed by atoms with Crippen LogP contribution < -0.4 is 43.0 Å². The third kappa shape index (κ3) is 50.4. The van der Waals surface area contributed by atoms with E-state index >= 15 is 0 Å². The van der Waals surface area contributed by atoms with Crippen molar-refractivity contribution in [3.63, 3.8) is 0 Å². The predicted molar refractivity (Wildman–Crippen MR) is 499 cm³/mol. The number of carboxylic acids is 2. The fourth-order valence-corrected chi connectivity index (χ4v) is 16.1. The molecule has 130 heavy (non-hydrogen) atoms. The van der Waals surface area contributed by atoms with Crippen LogP contribution in [0.4, 0.5) is 0 Å². The molecule has 2 fully saturated rings. The number of phosphoric ester groups is 2. The van der Waals surface area contributed by atoms with E-state index < -0.39 is 199 Å². The number of carbonyl (C=O) groups excluding carboxylic acids is 7. The van der Waals surface area contributed by atoms with E-state index in [1.54, 1.807) is 6.92 Å². The molecule has 0 saturated carbocycles. The zero-order valence-corrected chi connectivity index (χ0v) is 81.8. The third-order valence-corrected chi connectivity index (χ3v) is 24.7. The average molecular weight is 1880 g/mol.